The van der Waals surface area contributed by atoms with Crippen molar-refractivity contribution >= 4 is 11.6 Å². The number of amides is 1. The van der Waals surface area contributed by atoms with Gasteiger partial charge in [0.1, 0.15) is 5.82 Å². The van der Waals surface area contributed by atoms with Crippen molar-refractivity contribution in [3.63, 3.8) is 0 Å². The van der Waals surface area contributed by atoms with Gasteiger partial charge in [-0.1, -0.05) is 19.3 Å². The Balaban J connectivity index is 1.62. The van der Waals surface area contributed by atoms with Gasteiger partial charge in [-0.2, -0.15) is 0 Å². The molecule has 1 aliphatic carbocycles. The van der Waals surface area contributed by atoms with Crippen LogP contribution in [0.2, 0.25) is 0 Å². The lowest BCUT2D eigenvalue weighted by atomic mass is 9.92. The van der Waals surface area contributed by atoms with Crippen molar-refractivity contribution < 1.29 is 9.18 Å². The second-order valence-corrected chi connectivity index (χ2v) is 7.06. The monoisotopic (exact) mass is 318 g/mol. The van der Waals surface area contributed by atoms with E-state index in [2.05, 4.69) is 10.2 Å². The molecule has 0 radical (unpaired) electrons. The van der Waals surface area contributed by atoms with Crippen LogP contribution in [-0.4, -0.2) is 25.0 Å². The number of anilines is 1. The SMILES string of the molecule is Cc1cc(F)ccc1N1CCC[C@H](C(=O)NC2CCCCC2)C1. The number of nitrogens with zero attached hydrogens (tertiary/aromatic N) is 1. The summed E-state index contributed by atoms with van der Waals surface area (Å²) in [7, 11) is 0. The molecule has 4 heteroatoms. The number of benzene rings is 1. The number of nitrogens with one attached hydrogen (secondary N) is 1. The van der Waals surface area contributed by atoms with E-state index in [-0.39, 0.29) is 17.6 Å². The van der Waals surface area contributed by atoms with Crippen LogP contribution in [0.4, 0.5) is 10.1 Å². The van der Waals surface area contributed by atoms with E-state index in [1.165, 1.54) is 25.3 Å². The first-order valence-corrected chi connectivity index (χ1v) is 8.95. The van der Waals surface area contributed by atoms with Crippen LogP contribution in [0.3, 0.4) is 0 Å². The van der Waals surface area contributed by atoms with E-state index in [1.807, 2.05) is 13.0 Å². The lowest BCUT2D eigenvalue weighted by Gasteiger charge is -2.35. The van der Waals surface area contributed by atoms with Crippen molar-refractivity contribution in [2.75, 3.05) is 18.0 Å². The van der Waals surface area contributed by atoms with Gasteiger partial charge in [0, 0.05) is 24.8 Å². The summed E-state index contributed by atoms with van der Waals surface area (Å²) in [6, 6.07) is 5.29. The lowest BCUT2D eigenvalue weighted by molar-refractivity contribution is -0.126. The minimum absolute atomic E-state index is 0.0510. The predicted octanol–water partition coefficient (Wildman–Crippen LogP) is 3.80. The van der Waals surface area contributed by atoms with Gasteiger partial charge in [-0.15, -0.1) is 0 Å². The lowest BCUT2D eigenvalue weighted by Crippen LogP contribution is -2.46. The van der Waals surface area contributed by atoms with Crippen molar-refractivity contribution in [1.29, 1.82) is 0 Å². The summed E-state index contributed by atoms with van der Waals surface area (Å²) in [4.78, 5) is 14.8. The molecule has 1 N–H and O–H groups in total. The molecule has 3 nitrogen and oxygen atoms in total. The molecule has 1 aromatic carbocycles. The van der Waals surface area contributed by atoms with Crippen LogP contribution in [0.15, 0.2) is 18.2 Å². The highest BCUT2D eigenvalue weighted by Crippen LogP contribution is 2.27. The Bertz CT molecular complexity index is 554. The third-order valence-corrected chi connectivity index (χ3v) is 5.24. The third-order valence-electron chi connectivity index (χ3n) is 5.24. The van der Waals surface area contributed by atoms with Gasteiger partial charge in [0.25, 0.3) is 0 Å². The first-order valence-electron chi connectivity index (χ1n) is 8.95. The Kier molecular flexibility index (Phi) is 5.19. The molecule has 1 amide bonds. The van der Waals surface area contributed by atoms with Crippen LogP contribution in [-0.2, 0) is 4.79 Å². The van der Waals surface area contributed by atoms with Gasteiger partial charge in [0.05, 0.1) is 5.92 Å². The molecule has 1 saturated heterocycles. The molecular weight excluding hydrogens is 291 g/mol. The van der Waals surface area contributed by atoms with E-state index in [9.17, 15) is 9.18 Å². The molecule has 1 aromatic rings. The van der Waals surface area contributed by atoms with Crippen LogP contribution < -0.4 is 10.2 Å². The van der Waals surface area contributed by atoms with Crippen molar-refractivity contribution in [1.82, 2.24) is 5.32 Å². The molecule has 0 aromatic heterocycles. The second kappa shape index (κ2) is 7.33. The maximum atomic E-state index is 13.3. The number of hydrogen-bond donors (Lipinski definition) is 1. The van der Waals surface area contributed by atoms with E-state index < -0.39 is 0 Å². The average molecular weight is 318 g/mol. The summed E-state index contributed by atoms with van der Waals surface area (Å²) in [6.07, 6.45) is 7.98. The molecule has 1 heterocycles. The summed E-state index contributed by atoms with van der Waals surface area (Å²) in [6.45, 7) is 3.62. The fraction of sp³-hybridized carbons (Fsp3) is 0.632. The summed E-state index contributed by atoms with van der Waals surface area (Å²) in [5, 5.41) is 3.26. The van der Waals surface area contributed by atoms with E-state index >= 15 is 0 Å². The zero-order valence-corrected chi connectivity index (χ0v) is 14.0. The molecule has 23 heavy (non-hydrogen) atoms. The predicted molar refractivity (Wildman–Crippen MR) is 91.1 cm³/mol. The largest absolute Gasteiger partial charge is 0.371 e. The second-order valence-electron chi connectivity index (χ2n) is 7.06. The first kappa shape index (κ1) is 16.3. The summed E-state index contributed by atoms with van der Waals surface area (Å²) < 4.78 is 13.3. The molecule has 1 atom stereocenters. The van der Waals surface area contributed by atoms with Gasteiger partial charge in [0.2, 0.25) is 5.91 Å². The fourth-order valence-electron chi connectivity index (χ4n) is 3.95. The highest BCUT2D eigenvalue weighted by molar-refractivity contribution is 5.80. The Morgan fingerprint density at radius 2 is 1.96 bits per heavy atom. The summed E-state index contributed by atoms with van der Waals surface area (Å²) in [5.41, 5.74) is 2.00. The highest BCUT2D eigenvalue weighted by Gasteiger charge is 2.28. The molecule has 3 rings (SSSR count). The molecular formula is C19H27FN2O. The molecule has 1 aliphatic heterocycles. The molecule has 0 bridgehead atoms. The van der Waals surface area contributed by atoms with Crippen LogP contribution >= 0.6 is 0 Å². The summed E-state index contributed by atoms with van der Waals surface area (Å²) >= 11 is 0. The maximum Gasteiger partial charge on any atom is 0.225 e. The van der Waals surface area contributed by atoms with Gasteiger partial charge in [-0.05, 0) is 56.4 Å². The Labute approximate surface area is 138 Å². The van der Waals surface area contributed by atoms with Crippen molar-refractivity contribution in [3.05, 3.63) is 29.6 Å². The number of piperidine rings is 1. The minimum Gasteiger partial charge on any atom is -0.371 e. The zero-order chi connectivity index (χ0) is 16.2. The topological polar surface area (TPSA) is 32.3 Å². The van der Waals surface area contributed by atoms with E-state index in [1.54, 1.807) is 6.07 Å². The maximum absolute atomic E-state index is 13.3. The number of rotatable bonds is 3. The molecule has 2 aliphatic rings. The highest BCUT2D eigenvalue weighted by atomic mass is 19.1. The molecule has 0 unspecified atom stereocenters. The number of halogens is 1. The molecule has 1 saturated carbocycles. The van der Waals surface area contributed by atoms with Crippen LogP contribution in [0.5, 0.6) is 0 Å². The average Bonchev–Trinajstić information content (AvgIpc) is 2.56. The van der Waals surface area contributed by atoms with Crippen LogP contribution in [0.25, 0.3) is 0 Å². The van der Waals surface area contributed by atoms with Gasteiger partial charge >= 0.3 is 0 Å². The Morgan fingerprint density at radius 3 is 2.70 bits per heavy atom. The normalized spacial score (nSPS) is 22.9. The number of hydrogen-bond acceptors (Lipinski definition) is 2. The van der Waals surface area contributed by atoms with Gasteiger partial charge in [-0.25, -0.2) is 4.39 Å². The van der Waals surface area contributed by atoms with E-state index in [0.29, 0.717) is 6.04 Å². The van der Waals surface area contributed by atoms with Crippen molar-refractivity contribution in [2.24, 2.45) is 5.92 Å². The van der Waals surface area contributed by atoms with Gasteiger partial charge in [-0.3, -0.25) is 4.79 Å². The molecule has 0 spiro atoms. The number of aryl methyl sites for hydroxylation is 1. The third kappa shape index (κ3) is 4.04. The zero-order valence-electron chi connectivity index (χ0n) is 14.0. The van der Waals surface area contributed by atoms with Crippen molar-refractivity contribution in [3.8, 4) is 0 Å². The van der Waals surface area contributed by atoms with Crippen LogP contribution in [0.1, 0.15) is 50.5 Å². The van der Waals surface area contributed by atoms with E-state index in [4.69, 9.17) is 0 Å². The van der Waals surface area contributed by atoms with Gasteiger partial charge < -0.3 is 10.2 Å². The first-order chi connectivity index (χ1) is 11.1. The Hall–Kier alpha value is -1.58. The van der Waals surface area contributed by atoms with Gasteiger partial charge in [0.15, 0.2) is 0 Å². The van der Waals surface area contributed by atoms with E-state index in [0.717, 1.165) is 50.0 Å². The fourth-order valence-corrected chi connectivity index (χ4v) is 3.95. The molecule has 2 fully saturated rings. The van der Waals surface area contributed by atoms with Crippen LogP contribution in [0, 0.1) is 18.7 Å². The number of carbonyl (C=O) groups is 1. The smallest absolute Gasteiger partial charge is 0.225 e. The number of carbonyl (C=O) groups excluding carboxylic acids is 1. The van der Waals surface area contributed by atoms with Crippen molar-refractivity contribution in [2.45, 2.75) is 57.9 Å². The minimum atomic E-state index is -0.199. The molecule has 126 valence electrons. The quantitative estimate of drug-likeness (QED) is 0.919. The Morgan fingerprint density at radius 1 is 1.17 bits per heavy atom. The standard InChI is InChI=1S/C19H27FN2O/c1-14-12-16(20)9-10-18(14)22-11-5-6-15(13-22)19(23)21-17-7-3-2-4-8-17/h9-10,12,15,17H,2-8,11,13H2,1H3,(H,21,23)/t15-/m0/s1. The summed E-state index contributed by atoms with van der Waals surface area (Å²) in [5.74, 6) is 0.0614.